The van der Waals surface area contributed by atoms with Crippen molar-refractivity contribution in [2.75, 3.05) is 6.61 Å². The molecule has 0 radical (unpaired) electrons. The van der Waals surface area contributed by atoms with E-state index in [1.54, 1.807) is 27.7 Å². The van der Waals surface area contributed by atoms with Crippen LogP contribution in [0.3, 0.4) is 0 Å². The Balaban J connectivity index is 1.42. The molecule has 0 spiro atoms. The van der Waals surface area contributed by atoms with Crippen molar-refractivity contribution in [2.45, 2.75) is 38.2 Å². The minimum atomic E-state index is -1.04. The lowest BCUT2D eigenvalue weighted by Crippen LogP contribution is -2.34. The highest BCUT2D eigenvalue weighted by atomic mass is 19.1. The summed E-state index contributed by atoms with van der Waals surface area (Å²) in [5.41, 5.74) is 2.62. The fourth-order valence-electron chi connectivity index (χ4n) is 4.13. The van der Waals surface area contributed by atoms with Gasteiger partial charge < -0.3 is 4.74 Å². The Hall–Kier alpha value is -3.66. The smallest absolute Gasteiger partial charge is 0.327 e. The van der Waals surface area contributed by atoms with E-state index >= 15 is 0 Å². The van der Waals surface area contributed by atoms with E-state index in [0.717, 1.165) is 18.4 Å². The van der Waals surface area contributed by atoms with Crippen molar-refractivity contribution in [2.24, 2.45) is 0 Å². The number of fused-ring (bicyclic) bond motifs is 2. The molecule has 162 valence electrons. The summed E-state index contributed by atoms with van der Waals surface area (Å²) in [4.78, 5) is 28.8. The van der Waals surface area contributed by atoms with E-state index in [1.165, 1.54) is 0 Å². The van der Waals surface area contributed by atoms with Gasteiger partial charge in [-0.25, -0.2) is 28.8 Å². The monoisotopic (exact) mass is 433 g/mol. The fourth-order valence-corrected chi connectivity index (χ4v) is 4.13. The number of nitrogens with zero attached hydrogens (tertiary/aromatic N) is 6. The van der Waals surface area contributed by atoms with Gasteiger partial charge in [0.1, 0.15) is 17.4 Å². The minimum Gasteiger partial charge on any atom is -0.376 e. The van der Waals surface area contributed by atoms with Crippen LogP contribution < -0.4 is 5.69 Å². The molecule has 0 bridgehead atoms. The molecular weight excluding hydrogens is 413 g/mol. The van der Waals surface area contributed by atoms with Gasteiger partial charge in [0, 0.05) is 19.2 Å². The van der Waals surface area contributed by atoms with Crippen molar-refractivity contribution >= 4 is 22.2 Å². The maximum Gasteiger partial charge on any atom is 0.327 e. The lowest BCUT2D eigenvalue weighted by atomic mass is 10.0. The van der Waals surface area contributed by atoms with Crippen molar-refractivity contribution in [3.8, 4) is 11.5 Å². The number of aromatic nitrogens is 7. The van der Waals surface area contributed by atoms with Crippen LogP contribution in [-0.4, -0.2) is 53.2 Å². The number of ether oxygens (including phenoxy) is 1. The van der Waals surface area contributed by atoms with Gasteiger partial charge in [-0.05, 0) is 24.1 Å². The van der Waals surface area contributed by atoms with E-state index in [9.17, 15) is 9.18 Å². The topological polar surface area (TPSA) is 104 Å². The molecule has 1 N–H and O–H groups in total. The molecule has 1 aliphatic carbocycles. The van der Waals surface area contributed by atoms with Gasteiger partial charge in [0.15, 0.2) is 17.1 Å². The van der Waals surface area contributed by atoms with Crippen molar-refractivity contribution in [3.05, 3.63) is 58.8 Å². The third-order valence-electron chi connectivity index (χ3n) is 5.95. The molecule has 10 heteroatoms. The van der Waals surface area contributed by atoms with E-state index in [4.69, 9.17) is 4.74 Å². The molecule has 2 unspecified atom stereocenters. The highest BCUT2D eigenvalue weighted by Crippen LogP contribution is 2.27. The molecule has 2 aliphatic rings. The molecule has 0 saturated carbocycles. The lowest BCUT2D eigenvalue weighted by Gasteiger charge is -2.26. The van der Waals surface area contributed by atoms with Crippen LogP contribution in [0.25, 0.3) is 33.7 Å². The molecule has 2 atom stereocenters. The largest absolute Gasteiger partial charge is 0.376 e. The second-order valence-electron chi connectivity index (χ2n) is 8.00. The summed E-state index contributed by atoms with van der Waals surface area (Å²) >= 11 is 0. The highest BCUT2D eigenvalue weighted by molar-refractivity contribution is 5.90. The van der Waals surface area contributed by atoms with Crippen LogP contribution in [0, 0.1) is 0 Å². The number of aromatic amines is 1. The Bertz CT molecular complexity index is 1440. The van der Waals surface area contributed by atoms with Gasteiger partial charge in [-0.1, -0.05) is 18.2 Å². The lowest BCUT2D eigenvalue weighted by molar-refractivity contribution is -0.0590. The van der Waals surface area contributed by atoms with Crippen molar-refractivity contribution in [3.63, 3.8) is 0 Å². The number of H-pyrrole nitrogens is 1. The number of hydrogen-bond donors (Lipinski definition) is 1. The van der Waals surface area contributed by atoms with E-state index < -0.39 is 6.17 Å². The average Bonchev–Trinajstić information content (AvgIpc) is 3.29. The molecule has 4 aromatic heterocycles. The van der Waals surface area contributed by atoms with E-state index in [2.05, 4.69) is 25.0 Å². The normalized spacial score (nSPS) is 20.6. The summed E-state index contributed by atoms with van der Waals surface area (Å²) in [7, 11) is 0. The highest BCUT2D eigenvalue weighted by Gasteiger charge is 2.23. The van der Waals surface area contributed by atoms with Crippen LogP contribution in [-0.2, 0) is 17.8 Å². The van der Waals surface area contributed by atoms with Crippen molar-refractivity contribution < 1.29 is 9.13 Å². The number of rotatable bonds is 5. The minimum absolute atomic E-state index is 0.0420. The number of nitrogens with one attached hydrogen (secondary N) is 1. The van der Waals surface area contributed by atoms with Gasteiger partial charge >= 0.3 is 5.69 Å². The van der Waals surface area contributed by atoms with Gasteiger partial charge in [-0.15, -0.1) is 0 Å². The van der Waals surface area contributed by atoms with Gasteiger partial charge in [0.2, 0.25) is 0 Å². The molecule has 4 aromatic rings. The van der Waals surface area contributed by atoms with Gasteiger partial charge in [-0.2, -0.15) is 5.10 Å². The van der Waals surface area contributed by atoms with Gasteiger partial charge in [0.05, 0.1) is 30.8 Å². The summed E-state index contributed by atoms with van der Waals surface area (Å²) in [6.07, 6.45) is 9.06. The molecule has 6 rings (SSSR count). The number of allylic oxidation sites excluding steroid dienone is 4. The van der Waals surface area contributed by atoms with E-state index in [-0.39, 0.29) is 18.3 Å². The standard InChI is InChI=1S/C22H20FN7O2/c23-16-6-2-1-4-13(16)11-30-21-15(5-3-8-24-21)18(28-30)20-25-10-17-19(26-20)27-22(31)29(17)12-14-7-9-32-14/h1-5,8,10,14,16H,6-7,9,11-12H2,(H,25,26,27,31). The van der Waals surface area contributed by atoms with Gasteiger partial charge in [0.25, 0.3) is 0 Å². The second-order valence-corrected chi connectivity index (χ2v) is 8.00. The van der Waals surface area contributed by atoms with Crippen LogP contribution in [0.15, 0.2) is 53.1 Å². The quantitative estimate of drug-likeness (QED) is 0.519. The Morgan fingerprint density at radius 2 is 2.22 bits per heavy atom. The fraction of sp³-hybridized carbons (Fsp3) is 0.318. The van der Waals surface area contributed by atoms with E-state index in [1.807, 2.05) is 24.3 Å². The zero-order chi connectivity index (χ0) is 21.7. The Morgan fingerprint density at radius 1 is 1.31 bits per heavy atom. The number of hydrogen-bond acceptors (Lipinski definition) is 6. The number of pyridine rings is 1. The maximum absolute atomic E-state index is 14.3. The third kappa shape index (κ3) is 3.14. The molecule has 1 fully saturated rings. The first-order chi connectivity index (χ1) is 15.7. The Labute approximate surface area is 181 Å². The first kappa shape index (κ1) is 19.1. The first-order valence-electron chi connectivity index (χ1n) is 10.6. The third-order valence-corrected chi connectivity index (χ3v) is 5.95. The molecule has 0 amide bonds. The van der Waals surface area contributed by atoms with Crippen LogP contribution in [0.1, 0.15) is 12.8 Å². The summed E-state index contributed by atoms with van der Waals surface area (Å²) in [6.45, 7) is 1.48. The van der Waals surface area contributed by atoms with E-state index in [0.29, 0.717) is 46.9 Å². The maximum atomic E-state index is 14.3. The van der Waals surface area contributed by atoms with Crippen LogP contribution >= 0.6 is 0 Å². The molecule has 5 heterocycles. The van der Waals surface area contributed by atoms with Crippen LogP contribution in [0.4, 0.5) is 4.39 Å². The summed E-state index contributed by atoms with van der Waals surface area (Å²) in [6, 6.07) is 3.70. The van der Waals surface area contributed by atoms with Crippen LogP contribution in [0.5, 0.6) is 0 Å². The van der Waals surface area contributed by atoms with Crippen molar-refractivity contribution in [1.82, 2.24) is 34.3 Å². The number of alkyl halides is 1. The molecule has 0 aromatic carbocycles. The average molecular weight is 433 g/mol. The molecule has 32 heavy (non-hydrogen) atoms. The predicted octanol–water partition coefficient (Wildman–Crippen LogP) is 2.54. The number of imidazole rings is 1. The predicted molar refractivity (Wildman–Crippen MR) is 116 cm³/mol. The summed E-state index contributed by atoms with van der Waals surface area (Å²) < 4.78 is 23.1. The zero-order valence-corrected chi connectivity index (χ0v) is 17.1. The van der Waals surface area contributed by atoms with Crippen LogP contribution in [0.2, 0.25) is 0 Å². The molecular formula is C22H20FN7O2. The second kappa shape index (κ2) is 7.49. The first-order valence-corrected chi connectivity index (χ1v) is 10.6. The SMILES string of the molecule is O=c1[nH]c2nc(-c3nn(CC4=CC=CCC4F)c4ncccc34)ncc2n1CC1CCO1. The van der Waals surface area contributed by atoms with Gasteiger partial charge in [-0.3, -0.25) is 9.55 Å². The Morgan fingerprint density at radius 3 is 3.03 bits per heavy atom. The Kier molecular flexibility index (Phi) is 4.46. The molecule has 1 aliphatic heterocycles. The number of halogens is 1. The molecule has 1 saturated heterocycles. The molecule has 9 nitrogen and oxygen atoms in total. The summed E-state index contributed by atoms with van der Waals surface area (Å²) in [5.74, 6) is 0.372. The zero-order valence-electron chi connectivity index (χ0n) is 17.1. The van der Waals surface area contributed by atoms with Crippen molar-refractivity contribution in [1.29, 1.82) is 0 Å². The summed E-state index contributed by atoms with van der Waals surface area (Å²) in [5, 5.41) is 5.44.